The van der Waals surface area contributed by atoms with E-state index in [1.165, 1.54) is 6.33 Å². The summed E-state index contributed by atoms with van der Waals surface area (Å²) in [6.45, 7) is 6.41. The van der Waals surface area contributed by atoms with Crippen LogP contribution in [0.5, 0.6) is 0 Å². The van der Waals surface area contributed by atoms with Gasteiger partial charge in [-0.15, -0.1) is 0 Å². The van der Waals surface area contributed by atoms with Crippen LogP contribution in [0.2, 0.25) is 0 Å². The van der Waals surface area contributed by atoms with Crippen molar-refractivity contribution in [3.05, 3.63) is 41.3 Å². The Kier molecular flexibility index (Phi) is 4.97. The van der Waals surface area contributed by atoms with Crippen molar-refractivity contribution in [3.63, 3.8) is 0 Å². The molecule has 6 nitrogen and oxygen atoms in total. The van der Waals surface area contributed by atoms with E-state index in [0.717, 1.165) is 29.1 Å². The highest BCUT2D eigenvalue weighted by molar-refractivity contribution is 5.20. The first-order chi connectivity index (χ1) is 11.1. The molecule has 7 heteroatoms. The van der Waals surface area contributed by atoms with Crippen molar-refractivity contribution in [1.82, 2.24) is 25.3 Å². The van der Waals surface area contributed by atoms with Gasteiger partial charge in [-0.2, -0.15) is 0 Å². The van der Waals surface area contributed by atoms with Gasteiger partial charge in [0.1, 0.15) is 18.3 Å². The van der Waals surface area contributed by atoms with Gasteiger partial charge in [0.25, 0.3) is 0 Å². The zero-order chi connectivity index (χ0) is 16.2. The smallest absolute Gasteiger partial charge is 0.138 e. The predicted octanol–water partition coefficient (Wildman–Crippen LogP) is 1.78. The van der Waals surface area contributed by atoms with Gasteiger partial charge in [0.15, 0.2) is 0 Å². The molecule has 1 aliphatic rings. The maximum Gasteiger partial charge on any atom is 0.138 e. The third-order valence-electron chi connectivity index (χ3n) is 4.34. The third kappa shape index (κ3) is 3.92. The number of rotatable bonds is 6. The molecule has 1 saturated heterocycles. The lowest BCUT2D eigenvalue weighted by molar-refractivity contribution is 0.229. The molecule has 1 N–H and O–H groups in total. The zero-order valence-electron chi connectivity index (χ0n) is 13.5. The Labute approximate surface area is 135 Å². The number of nitrogens with one attached hydrogen (secondary N) is 1. The minimum atomic E-state index is -0.773. The van der Waals surface area contributed by atoms with Gasteiger partial charge < -0.3 is 9.84 Å². The van der Waals surface area contributed by atoms with Gasteiger partial charge in [0.2, 0.25) is 0 Å². The molecule has 1 fully saturated rings. The molecule has 2 aromatic rings. The number of aryl methyl sites for hydroxylation is 2. The fraction of sp³-hybridized carbons (Fsp3) is 0.562. The van der Waals surface area contributed by atoms with Gasteiger partial charge >= 0.3 is 0 Å². The van der Waals surface area contributed by atoms with Crippen molar-refractivity contribution in [2.75, 3.05) is 13.1 Å². The van der Waals surface area contributed by atoms with Crippen LogP contribution < -0.4 is 5.32 Å². The lowest BCUT2D eigenvalue weighted by Gasteiger charge is -2.24. The summed E-state index contributed by atoms with van der Waals surface area (Å²) in [5.41, 5.74) is 3.00. The van der Waals surface area contributed by atoms with Gasteiger partial charge in [0, 0.05) is 55.7 Å². The maximum absolute atomic E-state index is 13.8. The van der Waals surface area contributed by atoms with Crippen LogP contribution in [0, 0.1) is 13.8 Å². The summed E-state index contributed by atoms with van der Waals surface area (Å²) >= 11 is 0. The highest BCUT2D eigenvalue weighted by atomic mass is 19.1. The average Bonchev–Trinajstić information content (AvgIpc) is 3.04. The monoisotopic (exact) mass is 319 g/mol. The molecular weight excluding hydrogens is 297 g/mol. The third-order valence-corrected chi connectivity index (χ3v) is 4.34. The van der Waals surface area contributed by atoms with E-state index in [9.17, 15) is 4.39 Å². The lowest BCUT2D eigenvalue weighted by atomic mass is 10.1. The quantitative estimate of drug-likeness (QED) is 0.875. The molecule has 0 radical (unpaired) electrons. The summed E-state index contributed by atoms with van der Waals surface area (Å²) < 4.78 is 19.0. The van der Waals surface area contributed by atoms with Gasteiger partial charge in [-0.3, -0.25) is 4.90 Å². The van der Waals surface area contributed by atoms with E-state index in [0.29, 0.717) is 26.1 Å². The molecule has 3 rings (SSSR count). The zero-order valence-corrected chi connectivity index (χ0v) is 13.5. The number of hydrogen-bond donors (Lipinski definition) is 1. The maximum atomic E-state index is 13.8. The van der Waals surface area contributed by atoms with Crippen molar-refractivity contribution < 1.29 is 8.91 Å². The molecule has 0 aromatic carbocycles. The minimum Gasteiger partial charge on any atom is -0.361 e. The Hall–Kier alpha value is -1.86. The molecule has 0 aliphatic carbocycles. The fourth-order valence-corrected chi connectivity index (χ4v) is 3.09. The molecule has 124 valence electrons. The molecule has 0 bridgehead atoms. The SMILES string of the molecule is Cc1noc(C)c1CNC[C@@H]1C[C@H](F)CN1Cc1cncnc1. The second-order valence-electron chi connectivity index (χ2n) is 6.10. The van der Waals surface area contributed by atoms with Crippen LogP contribution >= 0.6 is 0 Å². The number of likely N-dealkylation sites (tertiary alicyclic amines) is 1. The van der Waals surface area contributed by atoms with Crippen LogP contribution in [-0.2, 0) is 13.1 Å². The number of nitrogens with zero attached hydrogens (tertiary/aromatic N) is 4. The van der Waals surface area contributed by atoms with Crippen molar-refractivity contribution >= 4 is 0 Å². The molecule has 3 heterocycles. The Morgan fingerprint density at radius 3 is 2.83 bits per heavy atom. The van der Waals surface area contributed by atoms with Crippen LogP contribution in [0.3, 0.4) is 0 Å². The van der Waals surface area contributed by atoms with E-state index in [4.69, 9.17) is 4.52 Å². The molecule has 0 amide bonds. The lowest BCUT2D eigenvalue weighted by Crippen LogP contribution is -2.37. The van der Waals surface area contributed by atoms with E-state index in [1.54, 1.807) is 12.4 Å². The summed E-state index contributed by atoms with van der Waals surface area (Å²) in [6.07, 6.45) is 4.86. The van der Waals surface area contributed by atoms with Gasteiger partial charge in [-0.05, 0) is 20.3 Å². The number of hydrogen-bond acceptors (Lipinski definition) is 6. The van der Waals surface area contributed by atoms with Crippen molar-refractivity contribution in [2.24, 2.45) is 0 Å². The van der Waals surface area contributed by atoms with Crippen LogP contribution in [0.25, 0.3) is 0 Å². The molecule has 0 spiro atoms. The first-order valence-corrected chi connectivity index (χ1v) is 7.88. The number of alkyl halides is 1. The standard InChI is InChI=1S/C16H22FN5O/c1-11-16(12(2)23-21-11)7-18-6-15-3-14(17)9-22(15)8-13-4-19-10-20-5-13/h4-5,10,14-15,18H,3,6-9H2,1-2H3/t14-,15-/m0/s1. The van der Waals surface area contributed by atoms with Crippen molar-refractivity contribution in [1.29, 1.82) is 0 Å². The van der Waals surface area contributed by atoms with Crippen molar-refractivity contribution in [2.45, 2.75) is 45.6 Å². The Balaban J connectivity index is 1.55. The number of halogens is 1. The number of aromatic nitrogens is 3. The summed E-state index contributed by atoms with van der Waals surface area (Å²) in [4.78, 5) is 10.2. The Morgan fingerprint density at radius 1 is 1.35 bits per heavy atom. The van der Waals surface area contributed by atoms with Crippen molar-refractivity contribution in [3.8, 4) is 0 Å². The fourth-order valence-electron chi connectivity index (χ4n) is 3.09. The van der Waals surface area contributed by atoms with Gasteiger partial charge in [-0.25, -0.2) is 14.4 Å². The van der Waals surface area contributed by atoms with E-state index in [-0.39, 0.29) is 6.04 Å². The summed E-state index contributed by atoms with van der Waals surface area (Å²) in [5.74, 6) is 0.836. The Bertz CT molecular complexity index is 613. The summed E-state index contributed by atoms with van der Waals surface area (Å²) in [5, 5.41) is 7.36. The Morgan fingerprint density at radius 2 is 2.13 bits per heavy atom. The molecular formula is C16H22FN5O. The van der Waals surface area contributed by atoms with E-state index >= 15 is 0 Å². The first kappa shape index (κ1) is 16.0. The van der Waals surface area contributed by atoms with E-state index < -0.39 is 6.17 Å². The van der Waals surface area contributed by atoms with Gasteiger partial charge in [-0.1, -0.05) is 5.16 Å². The molecule has 2 aromatic heterocycles. The predicted molar refractivity (Wildman–Crippen MR) is 83.4 cm³/mol. The molecule has 0 saturated carbocycles. The topological polar surface area (TPSA) is 67.1 Å². The second-order valence-corrected chi connectivity index (χ2v) is 6.10. The summed E-state index contributed by atoms with van der Waals surface area (Å²) in [6, 6.07) is 0.172. The van der Waals surface area contributed by atoms with Crippen LogP contribution in [-0.4, -0.2) is 45.3 Å². The van der Waals surface area contributed by atoms with Crippen LogP contribution in [0.1, 0.15) is 29.0 Å². The molecule has 2 atom stereocenters. The largest absolute Gasteiger partial charge is 0.361 e. The van der Waals surface area contributed by atoms with E-state index in [2.05, 4.69) is 25.3 Å². The molecule has 0 unspecified atom stereocenters. The summed E-state index contributed by atoms with van der Waals surface area (Å²) in [7, 11) is 0. The molecule has 23 heavy (non-hydrogen) atoms. The molecule has 1 aliphatic heterocycles. The highest BCUT2D eigenvalue weighted by Gasteiger charge is 2.31. The van der Waals surface area contributed by atoms with Crippen LogP contribution in [0.15, 0.2) is 23.2 Å². The normalized spacial score (nSPS) is 21.9. The van der Waals surface area contributed by atoms with E-state index in [1.807, 2.05) is 13.8 Å². The minimum absolute atomic E-state index is 0.172. The second kappa shape index (κ2) is 7.14. The first-order valence-electron chi connectivity index (χ1n) is 7.88. The van der Waals surface area contributed by atoms with Gasteiger partial charge in [0.05, 0.1) is 5.69 Å². The average molecular weight is 319 g/mol. The van der Waals surface area contributed by atoms with Crippen LogP contribution in [0.4, 0.5) is 4.39 Å². The highest BCUT2D eigenvalue weighted by Crippen LogP contribution is 2.22.